The Labute approximate surface area is 259 Å². The molecule has 10 aromatic rings. The smallest absolute Gasteiger partial charge is 0.220 e. The molecule has 0 fully saturated rings. The molecule has 3 aromatic heterocycles. The van der Waals surface area contributed by atoms with E-state index in [0.717, 1.165) is 16.8 Å². The number of rotatable bonds is 3. The van der Waals surface area contributed by atoms with E-state index in [1.165, 1.54) is 76.7 Å². The summed E-state index contributed by atoms with van der Waals surface area (Å²) >= 11 is 0. The number of hydrogen-bond donors (Lipinski definition) is 0. The van der Waals surface area contributed by atoms with E-state index >= 15 is 0 Å². The van der Waals surface area contributed by atoms with Crippen LogP contribution in [0.25, 0.3) is 87.9 Å². The molecule has 0 aliphatic rings. The molecule has 212 valence electrons. The van der Waals surface area contributed by atoms with E-state index in [9.17, 15) is 0 Å². The molecule has 45 heavy (non-hydrogen) atoms. The minimum Gasteiger partial charge on any atom is -0.277 e. The van der Waals surface area contributed by atoms with Crippen LogP contribution >= 0.6 is 0 Å². The normalized spacial score (nSPS) is 12.4. The lowest BCUT2D eigenvalue weighted by atomic mass is 9.89. The number of fused-ring (bicyclic) bond motifs is 10. The zero-order chi connectivity index (χ0) is 29.8. The molecule has 7 aromatic carbocycles. The van der Waals surface area contributed by atoms with Gasteiger partial charge in [0.2, 0.25) is 5.78 Å². The zero-order valence-electron chi connectivity index (χ0n) is 25.1. The van der Waals surface area contributed by atoms with Crippen LogP contribution in [-0.2, 0) is 0 Å². The molecule has 3 heteroatoms. The fourth-order valence-electron chi connectivity index (χ4n) is 7.60. The van der Waals surface area contributed by atoms with Crippen LogP contribution < -0.4 is 0 Å². The van der Waals surface area contributed by atoms with Crippen molar-refractivity contribution in [1.82, 2.24) is 13.8 Å². The van der Waals surface area contributed by atoms with Crippen molar-refractivity contribution in [2.24, 2.45) is 0 Å². The van der Waals surface area contributed by atoms with Crippen LogP contribution in [0.1, 0.15) is 25.3 Å². The van der Waals surface area contributed by atoms with Gasteiger partial charge < -0.3 is 0 Å². The predicted molar refractivity (Wildman–Crippen MR) is 190 cm³/mol. The van der Waals surface area contributed by atoms with Crippen LogP contribution in [0.3, 0.4) is 0 Å². The molecule has 0 unspecified atom stereocenters. The van der Waals surface area contributed by atoms with E-state index in [4.69, 9.17) is 4.98 Å². The van der Waals surface area contributed by atoms with Crippen LogP contribution in [0.2, 0.25) is 0 Å². The third-order valence-corrected chi connectivity index (χ3v) is 9.75. The van der Waals surface area contributed by atoms with Gasteiger partial charge in [-0.2, -0.15) is 0 Å². The molecule has 0 atom stereocenters. The number of imidazole rings is 2. The second-order valence-corrected chi connectivity index (χ2v) is 12.7. The van der Waals surface area contributed by atoms with Gasteiger partial charge in [-0.05, 0) is 97.7 Å². The lowest BCUT2D eigenvalue weighted by Gasteiger charge is -2.15. The van der Waals surface area contributed by atoms with Gasteiger partial charge in [0.1, 0.15) is 0 Å². The SMILES string of the molecule is CC(C)c1ccc(-c2cc3c4cc5ccccc5cc4n4c3c(c2)n2c3cc5ccccc5cc3nc24)cc1-c1ccccc1. The molecular formula is C42H29N3. The molecule has 0 aliphatic heterocycles. The third kappa shape index (κ3) is 3.44. The molecule has 3 nitrogen and oxygen atoms in total. The van der Waals surface area contributed by atoms with Crippen LogP contribution in [0.4, 0.5) is 0 Å². The first-order chi connectivity index (χ1) is 22.1. The minimum atomic E-state index is 0.426. The van der Waals surface area contributed by atoms with E-state index < -0.39 is 0 Å². The van der Waals surface area contributed by atoms with Crippen molar-refractivity contribution >= 4 is 65.7 Å². The maximum absolute atomic E-state index is 5.30. The van der Waals surface area contributed by atoms with Gasteiger partial charge in [-0.1, -0.05) is 105 Å². The van der Waals surface area contributed by atoms with Gasteiger partial charge >= 0.3 is 0 Å². The van der Waals surface area contributed by atoms with Gasteiger partial charge in [0.25, 0.3) is 0 Å². The molecule has 0 saturated carbocycles. The predicted octanol–water partition coefficient (Wildman–Crippen LogP) is 11.2. The van der Waals surface area contributed by atoms with Crippen molar-refractivity contribution in [3.63, 3.8) is 0 Å². The number of hydrogen-bond acceptors (Lipinski definition) is 1. The van der Waals surface area contributed by atoms with Gasteiger partial charge in [-0.15, -0.1) is 0 Å². The third-order valence-electron chi connectivity index (χ3n) is 9.75. The maximum Gasteiger partial charge on any atom is 0.220 e. The van der Waals surface area contributed by atoms with Gasteiger partial charge in [0, 0.05) is 10.8 Å². The summed E-state index contributed by atoms with van der Waals surface area (Å²) in [6.45, 7) is 4.56. The number of nitrogens with zero attached hydrogens (tertiary/aromatic N) is 3. The largest absolute Gasteiger partial charge is 0.277 e. The Balaban J connectivity index is 1.36. The first-order valence-corrected chi connectivity index (χ1v) is 15.7. The summed E-state index contributed by atoms with van der Waals surface area (Å²) < 4.78 is 4.76. The van der Waals surface area contributed by atoms with Gasteiger partial charge in [0.15, 0.2) is 0 Å². The summed E-state index contributed by atoms with van der Waals surface area (Å²) in [5, 5.41) is 7.45. The lowest BCUT2D eigenvalue weighted by Crippen LogP contribution is -1.93. The van der Waals surface area contributed by atoms with Gasteiger partial charge in [0.05, 0.1) is 27.6 Å². The fraction of sp³-hybridized carbons (Fsp3) is 0.0714. The van der Waals surface area contributed by atoms with Crippen LogP contribution in [0.5, 0.6) is 0 Å². The van der Waals surface area contributed by atoms with E-state index in [2.05, 4.69) is 156 Å². The first-order valence-electron chi connectivity index (χ1n) is 15.7. The summed E-state index contributed by atoms with van der Waals surface area (Å²) in [7, 11) is 0. The van der Waals surface area contributed by atoms with Crippen molar-refractivity contribution in [2.75, 3.05) is 0 Å². The second-order valence-electron chi connectivity index (χ2n) is 12.7. The van der Waals surface area contributed by atoms with Crippen LogP contribution in [0, 0.1) is 0 Å². The Hall–Kier alpha value is -5.67. The molecule has 10 rings (SSSR count). The lowest BCUT2D eigenvalue weighted by molar-refractivity contribution is 0.869. The quantitative estimate of drug-likeness (QED) is 0.205. The Kier molecular flexibility index (Phi) is 4.91. The summed E-state index contributed by atoms with van der Waals surface area (Å²) in [4.78, 5) is 5.30. The first kappa shape index (κ1) is 24.7. The highest BCUT2D eigenvalue weighted by molar-refractivity contribution is 6.20. The molecule has 0 amide bonds. The average molecular weight is 576 g/mol. The Morgan fingerprint density at radius 2 is 1.16 bits per heavy atom. The molecule has 0 N–H and O–H groups in total. The number of aromatic nitrogens is 3. The molecule has 0 spiro atoms. The fourth-order valence-corrected chi connectivity index (χ4v) is 7.60. The van der Waals surface area contributed by atoms with Crippen molar-refractivity contribution < 1.29 is 0 Å². The highest BCUT2D eigenvalue weighted by Gasteiger charge is 2.23. The topological polar surface area (TPSA) is 21.7 Å². The van der Waals surface area contributed by atoms with E-state index in [1.807, 2.05) is 0 Å². The Bertz CT molecular complexity index is 2780. The van der Waals surface area contributed by atoms with Crippen molar-refractivity contribution in [3.05, 3.63) is 139 Å². The highest BCUT2D eigenvalue weighted by atomic mass is 15.2. The monoisotopic (exact) mass is 575 g/mol. The summed E-state index contributed by atoms with van der Waals surface area (Å²) in [5.41, 5.74) is 12.1. The molecule has 3 heterocycles. The molecule has 0 bridgehead atoms. The maximum atomic E-state index is 5.30. The van der Waals surface area contributed by atoms with E-state index in [1.54, 1.807) is 0 Å². The van der Waals surface area contributed by atoms with E-state index in [-0.39, 0.29) is 0 Å². The standard InChI is InChI=1S/C42H29N3/c1-25(2)33-17-16-31(18-34(33)26-10-4-3-5-11-26)32-20-36-35-19-27-12-6-8-14-29(27)22-38(35)45-41(36)40(24-32)44-39-23-30-15-9-7-13-28(30)21-37(39)43-42(44)45/h3-25H,1-2H3. The number of benzene rings is 7. The molecule has 0 radical (unpaired) electrons. The molecular weight excluding hydrogens is 546 g/mol. The summed E-state index contributed by atoms with van der Waals surface area (Å²) in [6.07, 6.45) is 0. The van der Waals surface area contributed by atoms with Gasteiger partial charge in [-0.3, -0.25) is 8.80 Å². The van der Waals surface area contributed by atoms with E-state index in [0.29, 0.717) is 5.92 Å². The average Bonchev–Trinajstić information content (AvgIpc) is 3.71. The van der Waals surface area contributed by atoms with Crippen LogP contribution in [-0.4, -0.2) is 13.8 Å². The van der Waals surface area contributed by atoms with Crippen molar-refractivity contribution in [3.8, 4) is 22.3 Å². The second kappa shape index (κ2) is 8.93. The zero-order valence-corrected chi connectivity index (χ0v) is 25.1. The Morgan fingerprint density at radius 3 is 1.89 bits per heavy atom. The Morgan fingerprint density at radius 1 is 0.489 bits per heavy atom. The highest BCUT2D eigenvalue weighted by Crippen LogP contribution is 2.42. The summed E-state index contributed by atoms with van der Waals surface area (Å²) in [6, 6.07) is 49.1. The van der Waals surface area contributed by atoms with Crippen molar-refractivity contribution in [1.29, 1.82) is 0 Å². The van der Waals surface area contributed by atoms with Gasteiger partial charge in [-0.25, -0.2) is 4.98 Å². The minimum absolute atomic E-state index is 0.426. The molecule has 0 aliphatic carbocycles. The van der Waals surface area contributed by atoms with Crippen molar-refractivity contribution in [2.45, 2.75) is 19.8 Å². The van der Waals surface area contributed by atoms with Crippen LogP contribution in [0.15, 0.2) is 133 Å². The molecule has 0 saturated heterocycles. The summed E-state index contributed by atoms with van der Waals surface area (Å²) in [5.74, 6) is 1.39.